The first-order chi connectivity index (χ1) is 9.65. The number of nitrogens with zero attached hydrogens (tertiary/aromatic N) is 1. The number of carbonyl (C=O) groups excluding carboxylic acids is 2. The Balaban J connectivity index is 2.23. The van der Waals surface area contributed by atoms with Crippen LogP contribution in [0.5, 0.6) is 0 Å². The minimum absolute atomic E-state index is 0.111. The smallest absolute Gasteiger partial charge is 0.321 e. The summed E-state index contributed by atoms with van der Waals surface area (Å²) in [6.07, 6.45) is 6.15. The van der Waals surface area contributed by atoms with Gasteiger partial charge in [0.2, 0.25) is 5.91 Å². The number of hydrogen-bond donors (Lipinski definition) is 3. The van der Waals surface area contributed by atoms with E-state index in [9.17, 15) is 9.59 Å². The molecular formula is C14H27N3O3. The zero-order valence-electron chi connectivity index (χ0n) is 12.4. The second-order valence-electron chi connectivity index (χ2n) is 5.30. The second-order valence-corrected chi connectivity index (χ2v) is 5.30. The van der Waals surface area contributed by atoms with Crippen molar-refractivity contribution in [3.8, 4) is 0 Å². The molecule has 0 aromatic carbocycles. The normalized spacial score (nSPS) is 16.1. The van der Waals surface area contributed by atoms with E-state index in [1.165, 1.54) is 6.42 Å². The number of urea groups is 1. The molecule has 0 atom stereocenters. The summed E-state index contributed by atoms with van der Waals surface area (Å²) in [6, 6.07) is -0.187. The van der Waals surface area contributed by atoms with Gasteiger partial charge in [0.05, 0.1) is 6.54 Å². The molecule has 3 amide bonds. The first kappa shape index (κ1) is 16.9. The van der Waals surface area contributed by atoms with Crippen LogP contribution in [0.25, 0.3) is 0 Å². The van der Waals surface area contributed by atoms with E-state index in [2.05, 4.69) is 10.6 Å². The molecule has 1 saturated carbocycles. The summed E-state index contributed by atoms with van der Waals surface area (Å²) >= 11 is 0. The van der Waals surface area contributed by atoms with Crippen molar-refractivity contribution < 1.29 is 14.7 Å². The third kappa shape index (κ3) is 6.86. The highest BCUT2D eigenvalue weighted by molar-refractivity contribution is 5.95. The van der Waals surface area contributed by atoms with Crippen LogP contribution in [-0.2, 0) is 4.79 Å². The van der Waals surface area contributed by atoms with Crippen LogP contribution in [-0.4, -0.2) is 54.2 Å². The van der Waals surface area contributed by atoms with Crippen LogP contribution in [0.2, 0.25) is 0 Å². The van der Waals surface area contributed by atoms with Gasteiger partial charge in [0, 0.05) is 19.2 Å². The highest BCUT2D eigenvalue weighted by Gasteiger charge is 2.17. The molecule has 0 bridgehead atoms. The fourth-order valence-electron chi connectivity index (χ4n) is 2.48. The average Bonchev–Trinajstić information content (AvgIpc) is 2.44. The molecule has 3 N–H and O–H groups in total. The predicted octanol–water partition coefficient (Wildman–Crippen LogP) is 0.849. The SMILES string of the molecule is CCN(CCCO)CC(=O)NC(=O)NC1CCCCC1. The van der Waals surface area contributed by atoms with Gasteiger partial charge in [-0.05, 0) is 25.8 Å². The Morgan fingerprint density at radius 3 is 2.55 bits per heavy atom. The van der Waals surface area contributed by atoms with Gasteiger partial charge in [-0.2, -0.15) is 0 Å². The number of hydrogen-bond acceptors (Lipinski definition) is 4. The minimum Gasteiger partial charge on any atom is -0.396 e. The molecule has 0 aromatic rings. The standard InChI is InChI=1S/C14H27N3O3/c1-2-17(9-6-10-18)11-13(19)16-14(20)15-12-7-4-3-5-8-12/h12,18H,2-11H2,1H3,(H2,15,16,19,20). The van der Waals surface area contributed by atoms with Gasteiger partial charge in [-0.1, -0.05) is 26.2 Å². The molecule has 1 rings (SSSR count). The van der Waals surface area contributed by atoms with Crippen molar-refractivity contribution >= 4 is 11.9 Å². The molecule has 20 heavy (non-hydrogen) atoms. The first-order valence-electron chi connectivity index (χ1n) is 7.59. The summed E-state index contributed by atoms with van der Waals surface area (Å²) in [7, 11) is 0. The van der Waals surface area contributed by atoms with E-state index >= 15 is 0 Å². The molecular weight excluding hydrogens is 258 g/mol. The van der Waals surface area contributed by atoms with E-state index in [0.717, 1.165) is 32.2 Å². The zero-order chi connectivity index (χ0) is 14.8. The Kier molecular flexibility index (Phi) is 8.22. The molecule has 0 aromatic heterocycles. The molecule has 1 aliphatic rings. The number of rotatable bonds is 7. The maximum absolute atomic E-state index is 11.8. The average molecular weight is 285 g/mol. The van der Waals surface area contributed by atoms with Crippen LogP contribution in [0.1, 0.15) is 45.4 Å². The van der Waals surface area contributed by atoms with Gasteiger partial charge in [0.15, 0.2) is 0 Å². The number of amides is 3. The van der Waals surface area contributed by atoms with Crippen LogP contribution in [0.15, 0.2) is 0 Å². The summed E-state index contributed by atoms with van der Waals surface area (Å²) in [4.78, 5) is 25.4. The van der Waals surface area contributed by atoms with Gasteiger partial charge in [-0.3, -0.25) is 15.0 Å². The summed E-state index contributed by atoms with van der Waals surface area (Å²) in [5.74, 6) is -0.293. The summed E-state index contributed by atoms with van der Waals surface area (Å²) in [5, 5.41) is 14.0. The molecule has 0 spiro atoms. The van der Waals surface area contributed by atoms with Gasteiger partial charge in [-0.25, -0.2) is 4.79 Å². The second kappa shape index (κ2) is 9.72. The number of carbonyl (C=O) groups is 2. The minimum atomic E-state index is -0.389. The van der Waals surface area contributed by atoms with E-state index in [4.69, 9.17) is 5.11 Å². The Morgan fingerprint density at radius 2 is 1.95 bits per heavy atom. The molecule has 6 heteroatoms. The van der Waals surface area contributed by atoms with Gasteiger partial charge >= 0.3 is 6.03 Å². The highest BCUT2D eigenvalue weighted by Crippen LogP contribution is 2.17. The lowest BCUT2D eigenvalue weighted by Gasteiger charge is -2.23. The van der Waals surface area contributed by atoms with Crippen molar-refractivity contribution in [3.05, 3.63) is 0 Å². The maximum atomic E-state index is 11.8. The number of likely N-dealkylation sites (N-methyl/N-ethyl adjacent to an activating group) is 1. The Hall–Kier alpha value is -1.14. The van der Waals surface area contributed by atoms with Crippen LogP contribution in [0.3, 0.4) is 0 Å². The number of aliphatic hydroxyl groups excluding tert-OH is 1. The summed E-state index contributed by atoms with van der Waals surface area (Å²) in [5.41, 5.74) is 0. The molecule has 0 heterocycles. The Morgan fingerprint density at radius 1 is 1.25 bits per heavy atom. The van der Waals surface area contributed by atoms with Crippen LogP contribution in [0, 0.1) is 0 Å². The predicted molar refractivity (Wildman–Crippen MR) is 77.4 cm³/mol. The quantitative estimate of drug-likeness (QED) is 0.648. The lowest BCUT2D eigenvalue weighted by molar-refractivity contribution is -0.121. The highest BCUT2D eigenvalue weighted by atomic mass is 16.3. The summed E-state index contributed by atoms with van der Waals surface area (Å²) in [6.45, 7) is 3.63. The monoisotopic (exact) mass is 285 g/mol. The zero-order valence-corrected chi connectivity index (χ0v) is 12.4. The third-order valence-electron chi connectivity index (χ3n) is 3.64. The van der Waals surface area contributed by atoms with Crippen LogP contribution >= 0.6 is 0 Å². The Labute approximate surface area is 120 Å². The van der Waals surface area contributed by atoms with E-state index in [1.807, 2.05) is 11.8 Å². The van der Waals surface area contributed by atoms with Crippen molar-refractivity contribution in [2.45, 2.75) is 51.5 Å². The van der Waals surface area contributed by atoms with Crippen molar-refractivity contribution in [1.82, 2.24) is 15.5 Å². The van der Waals surface area contributed by atoms with Crippen molar-refractivity contribution in [1.29, 1.82) is 0 Å². The lowest BCUT2D eigenvalue weighted by atomic mass is 9.96. The van der Waals surface area contributed by atoms with Crippen LogP contribution in [0.4, 0.5) is 4.79 Å². The molecule has 1 aliphatic carbocycles. The lowest BCUT2D eigenvalue weighted by Crippen LogP contribution is -2.48. The van der Waals surface area contributed by atoms with Crippen molar-refractivity contribution in [3.63, 3.8) is 0 Å². The van der Waals surface area contributed by atoms with Crippen molar-refractivity contribution in [2.75, 3.05) is 26.2 Å². The number of nitrogens with one attached hydrogen (secondary N) is 2. The molecule has 0 unspecified atom stereocenters. The molecule has 6 nitrogen and oxygen atoms in total. The third-order valence-corrected chi connectivity index (χ3v) is 3.64. The fourth-order valence-corrected chi connectivity index (χ4v) is 2.48. The van der Waals surface area contributed by atoms with Crippen molar-refractivity contribution in [2.24, 2.45) is 0 Å². The van der Waals surface area contributed by atoms with E-state index in [1.54, 1.807) is 0 Å². The van der Waals surface area contributed by atoms with E-state index < -0.39 is 0 Å². The van der Waals surface area contributed by atoms with E-state index in [0.29, 0.717) is 13.0 Å². The van der Waals surface area contributed by atoms with Crippen LogP contribution < -0.4 is 10.6 Å². The largest absolute Gasteiger partial charge is 0.396 e. The van der Waals surface area contributed by atoms with Gasteiger partial charge < -0.3 is 10.4 Å². The topological polar surface area (TPSA) is 81.7 Å². The molecule has 0 saturated heterocycles. The Bertz CT molecular complexity index is 304. The fraction of sp³-hybridized carbons (Fsp3) is 0.857. The van der Waals surface area contributed by atoms with Gasteiger partial charge in [0.1, 0.15) is 0 Å². The first-order valence-corrected chi connectivity index (χ1v) is 7.59. The number of aliphatic hydroxyl groups is 1. The summed E-state index contributed by atoms with van der Waals surface area (Å²) < 4.78 is 0. The molecule has 0 aliphatic heterocycles. The van der Waals surface area contributed by atoms with Gasteiger partial charge in [-0.15, -0.1) is 0 Å². The molecule has 116 valence electrons. The van der Waals surface area contributed by atoms with Gasteiger partial charge in [0.25, 0.3) is 0 Å². The number of imide groups is 1. The van der Waals surface area contributed by atoms with E-state index in [-0.39, 0.29) is 31.1 Å². The molecule has 0 radical (unpaired) electrons. The maximum Gasteiger partial charge on any atom is 0.321 e. The molecule has 1 fully saturated rings.